The highest BCUT2D eigenvalue weighted by atomic mass is 35.5. The summed E-state index contributed by atoms with van der Waals surface area (Å²) in [7, 11) is 2.48. The summed E-state index contributed by atoms with van der Waals surface area (Å²) in [6.07, 6.45) is -16.4. The average Bonchev–Trinajstić information content (AvgIpc) is 3.67. The van der Waals surface area contributed by atoms with Gasteiger partial charge in [-0.2, -0.15) is 62.9 Å². The van der Waals surface area contributed by atoms with E-state index in [0.29, 0.717) is 50.7 Å². The zero-order valence-corrected chi connectivity index (χ0v) is 33.1. The third-order valence-electron chi connectivity index (χ3n) is 9.56. The molecular formula is C36H37ClF12N8O4. The highest BCUT2D eigenvalue weighted by Gasteiger charge is 2.41. The van der Waals surface area contributed by atoms with Crippen LogP contribution in [0.5, 0.6) is 5.88 Å². The monoisotopic (exact) mass is 908 g/mol. The van der Waals surface area contributed by atoms with Gasteiger partial charge in [0.25, 0.3) is 0 Å². The molecule has 25 heteroatoms. The number of aliphatic hydroxyl groups is 1. The van der Waals surface area contributed by atoms with E-state index in [1.807, 2.05) is 11.8 Å². The number of hydrogen-bond acceptors (Lipinski definition) is 10. The van der Waals surface area contributed by atoms with Gasteiger partial charge in [-0.25, -0.2) is 14.6 Å². The minimum atomic E-state index is -4.79. The van der Waals surface area contributed by atoms with Crippen molar-refractivity contribution < 1.29 is 72.1 Å². The molecule has 12 nitrogen and oxygen atoms in total. The van der Waals surface area contributed by atoms with E-state index in [9.17, 15) is 67.4 Å². The number of piperidine rings is 2. The molecule has 2 aliphatic heterocycles. The Balaban J connectivity index is 0.000000223. The molecule has 0 unspecified atom stereocenters. The van der Waals surface area contributed by atoms with Crippen molar-refractivity contribution in [3.05, 3.63) is 75.5 Å². The van der Waals surface area contributed by atoms with Crippen molar-refractivity contribution in [1.29, 1.82) is 0 Å². The quantitative estimate of drug-likeness (QED) is 0.149. The van der Waals surface area contributed by atoms with Crippen LogP contribution in [0.4, 0.5) is 64.3 Å². The second-order valence-corrected chi connectivity index (χ2v) is 14.4. The van der Waals surface area contributed by atoms with Gasteiger partial charge < -0.3 is 19.6 Å². The number of halogens is 13. The summed E-state index contributed by atoms with van der Waals surface area (Å²) in [4.78, 5) is 32.9. The molecule has 4 atom stereocenters. The van der Waals surface area contributed by atoms with E-state index in [0.717, 1.165) is 33.9 Å². The second kappa shape index (κ2) is 18.9. The average molecular weight is 909 g/mol. The van der Waals surface area contributed by atoms with Gasteiger partial charge in [-0.15, -0.1) is 0 Å². The predicted octanol–water partition coefficient (Wildman–Crippen LogP) is 8.17. The minimum absolute atomic E-state index is 0.0398. The number of hydrogen-bond donors (Lipinski definition) is 1. The van der Waals surface area contributed by atoms with Crippen molar-refractivity contribution in [3.8, 4) is 5.88 Å². The van der Waals surface area contributed by atoms with Gasteiger partial charge in [-0.05, 0) is 36.6 Å². The van der Waals surface area contributed by atoms with E-state index in [4.69, 9.17) is 16.3 Å². The summed E-state index contributed by atoms with van der Waals surface area (Å²) in [6.45, 7) is 5.67. The van der Waals surface area contributed by atoms with Crippen LogP contribution in [0.3, 0.4) is 0 Å². The molecule has 6 rings (SSSR count). The maximum atomic E-state index is 13.1. The van der Waals surface area contributed by atoms with Gasteiger partial charge in [-0.1, -0.05) is 25.4 Å². The molecule has 0 bridgehead atoms. The van der Waals surface area contributed by atoms with Gasteiger partial charge in [0.2, 0.25) is 5.88 Å². The Morgan fingerprint density at radius 2 is 1.11 bits per heavy atom. The number of aryl methyl sites for hydroxylation is 2. The van der Waals surface area contributed by atoms with Crippen molar-refractivity contribution >= 4 is 35.8 Å². The maximum Gasteiger partial charge on any atom is 0.436 e. The van der Waals surface area contributed by atoms with Gasteiger partial charge in [0.1, 0.15) is 28.5 Å². The lowest BCUT2D eigenvalue weighted by atomic mass is 9.96. The lowest BCUT2D eigenvalue weighted by molar-refractivity contribution is -0.142. The number of aromatic nitrogens is 6. The molecule has 4 aromatic rings. The van der Waals surface area contributed by atoms with Crippen molar-refractivity contribution in [1.82, 2.24) is 29.5 Å². The fourth-order valence-corrected chi connectivity index (χ4v) is 6.46. The van der Waals surface area contributed by atoms with Gasteiger partial charge in [-0.3, -0.25) is 14.3 Å². The summed E-state index contributed by atoms with van der Waals surface area (Å²) in [6, 6.07) is 4.64. The summed E-state index contributed by atoms with van der Waals surface area (Å²) in [5, 5.41) is 15.7. The molecule has 2 aliphatic rings. The van der Waals surface area contributed by atoms with Gasteiger partial charge in [0.15, 0.2) is 24.0 Å². The van der Waals surface area contributed by atoms with E-state index in [1.165, 1.54) is 26.2 Å². The molecule has 4 aromatic heterocycles. The third-order valence-corrected chi connectivity index (χ3v) is 10.0. The van der Waals surface area contributed by atoms with Crippen LogP contribution in [0.25, 0.3) is 0 Å². The fourth-order valence-electron chi connectivity index (χ4n) is 6.29. The van der Waals surface area contributed by atoms with E-state index in [2.05, 4.69) is 20.2 Å². The summed E-state index contributed by atoms with van der Waals surface area (Å²) < 4.78 is 158. The van der Waals surface area contributed by atoms with Crippen LogP contribution in [0, 0.1) is 11.8 Å². The molecule has 0 saturated carbocycles. The van der Waals surface area contributed by atoms with Crippen LogP contribution in [0.2, 0.25) is 5.15 Å². The molecule has 6 heterocycles. The largest absolute Gasteiger partial charge is 0.474 e. The predicted molar refractivity (Wildman–Crippen MR) is 193 cm³/mol. The number of alkyl halides is 12. The Labute approximate surface area is 344 Å². The first-order valence-electron chi connectivity index (χ1n) is 17.9. The van der Waals surface area contributed by atoms with Crippen molar-refractivity contribution in [3.63, 3.8) is 0 Å². The highest BCUT2D eigenvalue weighted by Crippen LogP contribution is 2.37. The van der Waals surface area contributed by atoms with Crippen molar-refractivity contribution in [2.24, 2.45) is 25.9 Å². The number of carbonyl (C=O) groups is 2. The van der Waals surface area contributed by atoms with E-state index in [1.54, 1.807) is 11.8 Å². The summed E-state index contributed by atoms with van der Waals surface area (Å²) in [5.41, 5.74) is -5.45. The Morgan fingerprint density at radius 3 is 1.49 bits per heavy atom. The van der Waals surface area contributed by atoms with Gasteiger partial charge in [0, 0.05) is 65.0 Å². The lowest BCUT2D eigenvalue weighted by Gasteiger charge is -2.37. The van der Waals surface area contributed by atoms with Crippen LogP contribution >= 0.6 is 11.6 Å². The van der Waals surface area contributed by atoms with E-state index < -0.39 is 64.5 Å². The van der Waals surface area contributed by atoms with E-state index >= 15 is 0 Å². The molecule has 0 aromatic carbocycles. The number of anilines is 2. The molecule has 336 valence electrons. The smallest absolute Gasteiger partial charge is 0.436 e. The first-order chi connectivity index (χ1) is 28.2. The normalized spacial score (nSPS) is 20.0. The molecule has 1 N–H and O–H groups in total. The lowest BCUT2D eigenvalue weighted by Crippen LogP contribution is -2.45. The third kappa shape index (κ3) is 12.0. The van der Waals surface area contributed by atoms with E-state index in [-0.39, 0.29) is 41.5 Å². The molecule has 0 amide bonds. The topological polar surface area (TPSA) is 132 Å². The Hall–Kier alpha value is -5.13. The second-order valence-electron chi connectivity index (χ2n) is 14.1. The number of rotatable bonds is 6. The number of carbonyl (C=O) groups excluding carboxylic acids is 2. The first-order valence-corrected chi connectivity index (χ1v) is 18.3. The minimum Gasteiger partial charge on any atom is -0.474 e. The van der Waals surface area contributed by atoms with Gasteiger partial charge in [0.05, 0.1) is 22.8 Å². The Morgan fingerprint density at radius 1 is 0.672 bits per heavy atom. The maximum absolute atomic E-state index is 13.1. The van der Waals surface area contributed by atoms with Crippen molar-refractivity contribution in [2.75, 3.05) is 36.0 Å². The summed E-state index contributed by atoms with van der Waals surface area (Å²) >= 11 is 5.39. The molecule has 2 saturated heterocycles. The highest BCUT2D eigenvalue weighted by molar-refractivity contribution is 6.32. The fraction of sp³-hybridized carbons (Fsp3) is 0.500. The van der Waals surface area contributed by atoms with Crippen molar-refractivity contribution in [2.45, 2.75) is 63.6 Å². The van der Waals surface area contributed by atoms with Crippen LogP contribution in [-0.2, 0) is 38.8 Å². The SMILES string of the molecule is C[C@H]1CN(c2ccc(C(F)(F)F)cn2)CC[C@@H]1O.C[C@H]1CN(c2ccc(C(F)(F)F)cn2)CC[C@@H]1Oc1c(C=O)c(C(F)(F)F)nn1C.Cn1nc(C(F)(F)F)c(C=O)c1Cl. The van der Waals surface area contributed by atoms with Crippen LogP contribution in [-0.4, -0.2) is 85.6 Å². The molecule has 0 radical (unpaired) electrons. The number of aliphatic hydroxyl groups excluding tert-OH is 1. The number of pyridine rings is 2. The summed E-state index contributed by atoms with van der Waals surface area (Å²) in [5.74, 6) is 0.522. The standard InChI is InChI=1S/C18H18F6N4O2.C12H15F3N2O.C6H4ClF3N2O/c1-10-8-28(14-4-3-11(7-25-14)17(19,20)21)6-5-13(10)30-16-12(9-29)15(18(22,23)24)26-27(16)2;1-8-7-17(5-4-10(8)18)11-3-2-9(6-16-11)12(13,14)15;1-12-5(7)3(2-13)4(11-12)6(8,9)10/h3-4,7,9-10,13H,5-6,8H2,1-2H3;2-3,6,8,10,18H,4-5,7H2,1H3;2H,1H3/t10-,13-;8-,10-;/m00./s1. The zero-order chi connectivity index (χ0) is 45.8. The Kier molecular flexibility index (Phi) is 15.0. The Bertz CT molecular complexity index is 2100. The van der Waals surface area contributed by atoms with Crippen LogP contribution < -0.4 is 14.5 Å². The van der Waals surface area contributed by atoms with Crippen LogP contribution in [0.15, 0.2) is 36.7 Å². The first kappa shape index (κ1) is 48.5. The number of ether oxygens (including phenoxy) is 1. The van der Waals surface area contributed by atoms with Crippen LogP contribution in [0.1, 0.15) is 69.9 Å². The molecule has 0 aliphatic carbocycles. The molecule has 61 heavy (non-hydrogen) atoms. The molecule has 0 spiro atoms. The number of aldehydes is 2. The zero-order valence-electron chi connectivity index (χ0n) is 32.3. The van der Waals surface area contributed by atoms with Gasteiger partial charge >= 0.3 is 24.7 Å². The molecule has 2 fully saturated rings. The molecular weight excluding hydrogens is 872 g/mol. The number of nitrogens with zero attached hydrogens (tertiary/aromatic N) is 8.